The zero-order valence-electron chi connectivity index (χ0n) is 5.97. The number of halogens is 1. The fourth-order valence-electron chi connectivity index (χ4n) is 1.55. The molecule has 1 spiro atoms. The molecule has 2 rings (SSSR count). The van der Waals surface area contributed by atoms with Gasteiger partial charge < -0.3 is 10.4 Å². The maximum atomic E-state index is 9.11. The van der Waals surface area contributed by atoms with Crippen LogP contribution in [-0.4, -0.2) is 23.3 Å². The number of aliphatic hydroxyl groups excluding tert-OH is 1. The van der Waals surface area contributed by atoms with Crippen LogP contribution in [0.4, 0.5) is 0 Å². The molecule has 1 saturated carbocycles. The molecular weight excluding hydrogens is 150 g/mol. The highest BCUT2D eigenvalue weighted by Gasteiger charge is 2.44. The second-order valence-corrected chi connectivity index (χ2v) is 3.35. The minimum absolute atomic E-state index is 0. The van der Waals surface area contributed by atoms with Gasteiger partial charge in [0.05, 0.1) is 6.10 Å². The van der Waals surface area contributed by atoms with Crippen LogP contribution in [0, 0.1) is 0 Å². The molecule has 0 aromatic heterocycles. The van der Waals surface area contributed by atoms with Gasteiger partial charge in [-0.15, -0.1) is 12.4 Å². The number of rotatable bonds is 0. The summed E-state index contributed by atoms with van der Waals surface area (Å²) in [6, 6.07) is 0. The van der Waals surface area contributed by atoms with Crippen molar-refractivity contribution in [2.75, 3.05) is 6.54 Å². The van der Waals surface area contributed by atoms with E-state index in [-0.39, 0.29) is 18.5 Å². The molecule has 0 aromatic rings. The second kappa shape index (κ2) is 2.68. The summed E-state index contributed by atoms with van der Waals surface area (Å²) in [5, 5.41) is 12.5. The lowest BCUT2D eigenvalue weighted by molar-refractivity contribution is 0.121. The summed E-state index contributed by atoms with van der Waals surface area (Å²) < 4.78 is 0. The van der Waals surface area contributed by atoms with Crippen LogP contribution < -0.4 is 5.32 Å². The van der Waals surface area contributed by atoms with Crippen molar-refractivity contribution in [3.8, 4) is 0 Å². The van der Waals surface area contributed by atoms with Crippen LogP contribution in [0.1, 0.15) is 25.7 Å². The highest BCUT2D eigenvalue weighted by molar-refractivity contribution is 5.85. The van der Waals surface area contributed by atoms with E-state index in [2.05, 4.69) is 5.32 Å². The minimum atomic E-state index is -0.0729. The Kier molecular flexibility index (Phi) is 2.23. The van der Waals surface area contributed by atoms with Crippen molar-refractivity contribution in [3.63, 3.8) is 0 Å². The lowest BCUT2D eigenvalue weighted by Crippen LogP contribution is -2.43. The number of hydrogen-bond acceptors (Lipinski definition) is 2. The average molecular weight is 164 g/mol. The monoisotopic (exact) mass is 163 g/mol. The maximum absolute atomic E-state index is 9.11. The Balaban J connectivity index is 0.000000500. The average Bonchev–Trinajstić information content (AvgIpc) is 2.60. The Morgan fingerprint density at radius 2 is 2.00 bits per heavy atom. The summed E-state index contributed by atoms with van der Waals surface area (Å²) in [5.74, 6) is 0. The van der Waals surface area contributed by atoms with Crippen molar-refractivity contribution in [2.45, 2.75) is 37.3 Å². The molecule has 3 heteroatoms. The van der Waals surface area contributed by atoms with Gasteiger partial charge in [0.15, 0.2) is 0 Å². The van der Waals surface area contributed by atoms with Crippen molar-refractivity contribution in [2.24, 2.45) is 0 Å². The Morgan fingerprint density at radius 1 is 1.30 bits per heavy atom. The summed E-state index contributed by atoms with van der Waals surface area (Å²) in [4.78, 5) is 0. The Labute approximate surface area is 67.4 Å². The molecule has 0 radical (unpaired) electrons. The molecular formula is C7H14ClNO. The SMILES string of the molecule is Cl.O[C@H]1CCC2(CC2)NC1. The molecule has 0 aromatic carbocycles. The predicted molar refractivity (Wildman–Crippen MR) is 42.5 cm³/mol. The van der Waals surface area contributed by atoms with Gasteiger partial charge >= 0.3 is 0 Å². The van der Waals surface area contributed by atoms with Crippen LogP contribution in [0.5, 0.6) is 0 Å². The first-order valence-electron chi connectivity index (χ1n) is 3.74. The van der Waals surface area contributed by atoms with E-state index in [1.165, 1.54) is 19.3 Å². The normalized spacial score (nSPS) is 35.1. The number of hydrogen-bond donors (Lipinski definition) is 2. The largest absolute Gasteiger partial charge is 0.392 e. The molecule has 2 N–H and O–H groups in total. The van der Waals surface area contributed by atoms with E-state index >= 15 is 0 Å². The maximum Gasteiger partial charge on any atom is 0.0665 e. The lowest BCUT2D eigenvalue weighted by Gasteiger charge is -2.26. The van der Waals surface area contributed by atoms with Crippen molar-refractivity contribution >= 4 is 12.4 Å². The quantitative estimate of drug-likeness (QED) is 0.551. The van der Waals surface area contributed by atoms with Crippen molar-refractivity contribution in [3.05, 3.63) is 0 Å². The minimum Gasteiger partial charge on any atom is -0.392 e. The molecule has 1 atom stereocenters. The van der Waals surface area contributed by atoms with Crippen LogP contribution in [-0.2, 0) is 0 Å². The molecule has 1 heterocycles. The molecule has 0 bridgehead atoms. The van der Waals surface area contributed by atoms with Gasteiger partial charge in [-0.3, -0.25) is 0 Å². The van der Waals surface area contributed by atoms with E-state index in [4.69, 9.17) is 5.11 Å². The second-order valence-electron chi connectivity index (χ2n) is 3.35. The summed E-state index contributed by atoms with van der Waals surface area (Å²) in [7, 11) is 0. The Bertz CT molecular complexity index is 115. The Hall–Kier alpha value is 0.210. The topological polar surface area (TPSA) is 32.3 Å². The summed E-state index contributed by atoms with van der Waals surface area (Å²) in [5.41, 5.74) is 0.499. The number of β-amino-alcohol motifs (C(OH)–C–C–N with tert-alkyl or cyclic N) is 1. The van der Waals surface area contributed by atoms with Gasteiger partial charge in [-0.05, 0) is 25.7 Å². The van der Waals surface area contributed by atoms with Crippen molar-refractivity contribution in [1.29, 1.82) is 0 Å². The zero-order valence-corrected chi connectivity index (χ0v) is 6.78. The molecule has 2 aliphatic rings. The van der Waals surface area contributed by atoms with Crippen LogP contribution in [0.2, 0.25) is 0 Å². The van der Waals surface area contributed by atoms with E-state index in [9.17, 15) is 0 Å². The van der Waals surface area contributed by atoms with E-state index in [1.807, 2.05) is 0 Å². The third-order valence-corrected chi connectivity index (χ3v) is 2.52. The zero-order chi connectivity index (χ0) is 6.32. The van der Waals surface area contributed by atoms with Gasteiger partial charge in [0.1, 0.15) is 0 Å². The van der Waals surface area contributed by atoms with Gasteiger partial charge in [0.2, 0.25) is 0 Å². The highest BCUT2D eigenvalue weighted by atomic mass is 35.5. The fraction of sp³-hybridized carbons (Fsp3) is 1.00. The smallest absolute Gasteiger partial charge is 0.0665 e. The van der Waals surface area contributed by atoms with Crippen molar-refractivity contribution in [1.82, 2.24) is 5.32 Å². The molecule has 10 heavy (non-hydrogen) atoms. The summed E-state index contributed by atoms with van der Waals surface area (Å²) >= 11 is 0. The van der Waals surface area contributed by atoms with Gasteiger partial charge in [0, 0.05) is 12.1 Å². The lowest BCUT2D eigenvalue weighted by atomic mass is 10.0. The van der Waals surface area contributed by atoms with E-state index in [1.54, 1.807) is 0 Å². The van der Waals surface area contributed by atoms with Crippen LogP contribution in [0.25, 0.3) is 0 Å². The molecule has 2 fully saturated rings. The highest BCUT2D eigenvalue weighted by Crippen LogP contribution is 2.41. The first kappa shape index (κ1) is 8.31. The number of nitrogens with one attached hydrogen (secondary N) is 1. The van der Waals surface area contributed by atoms with Gasteiger partial charge in [-0.1, -0.05) is 0 Å². The van der Waals surface area contributed by atoms with Crippen LogP contribution in [0.15, 0.2) is 0 Å². The van der Waals surface area contributed by atoms with Crippen LogP contribution in [0.3, 0.4) is 0 Å². The summed E-state index contributed by atoms with van der Waals surface area (Å²) in [6.07, 6.45) is 4.79. The third kappa shape index (κ3) is 1.44. The van der Waals surface area contributed by atoms with Crippen molar-refractivity contribution < 1.29 is 5.11 Å². The van der Waals surface area contributed by atoms with E-state index in [0.29, 0.717) is 5.54 Å². The number of piperidine rings is 1. The molecule has 60 valence electrons. The molecule has 1 saturated heterocycles. The van der Waals surface area contributed by atoms with Crippen LogP contribution >= 0.6 is 12.4 Å². The first-order valence-corrected chi connectivity index (χ1v) is 3.74. The third-order valence-electron chi connectivity index (χ3n) is 2.52. The van der Waals surface area contributed by atoms with Gasteiger partial charge in [-0.25, -0.2) is 0 Å². The van der Waals surface area contributed by atoms with E-state index in [0.717, 1.165) is 13.0 Å². The number of aliphatic hydroxyl groups is 1. The first-order chi connectivity index (χ1) is 4.31. The molecule has 0 amide bonds. The molecule has 1 aliphatic heterocycles. The van der Waals surface area contributed by atoms with E-state index < -0.39 is 0 Å². The van der Waals surface area contributed by atoms with Gasteiger partial charge in [-0.2, -0.15) is 0 Å². The molecule has 2 nitrogen and oxygen atoms in total. The Morgan fingerprint density at radius 3 is 2.40 bits per heavy atom. The summed E-state index contributed by atoms with van der Waals surface area (Å²) in [6.45, 7) is 0.819. The standard InChI is InChI=1S/C7H13NO.ClH/c9-6-1-2-7(3-4-7)8-5-6;/h6,8-9H,1-5H2;1H/t6-;/m0./s1. The predicted octanol–water partition coefficient (Wildman–Crippen LogP) is 0.685. The van der Waals surface area contributed by atoms with Gasteiger partial charge in [0.25, 0.3) is 0 Å². The molecule has 1 aliphatic carbocycles. The fourth-order valence-corrected chi connectivity index (χ4v) is 1.55. The molecule has 0 unspecified atom stereocenters.